The second-order valence-electron chi connectivity index (χ2n) is 8.67. The summed E-state index contributed by atoms with van der Waals surface area (Å²) in [6.45, 7) is 6.66. The quantitative estimate of drug-likeness (QED) is 0.640. The van der Waals surface area contributed by atoms with Crippen molar-refractivity contribution in [2.45, 2.75) is 25.7 Å². The number of benzene rings is 2. The summed E-state index contributed by atoms with van der Waals surface area (Å²) >= 11 is 0. The highest BCUT2D eigenvalue weighted by Gasteiger charge is 2.36. The van der Waals surface area contributed by atoms with E-state index in [0.717, 1.165) is 32.7 Å². The Hall–Kier alpha value is -3.43. The topological polar surface area (TPSA) is 104 Å². The van der Waals surface area contributed by atoms with Crippen molar-refractivity contribution in [3.05, 3.63) is 60.7 Å². The molecule has 2 atom stereocenters. The number of hydrogen-bond acceptors (Lipinski definition) is 5. The number of nitrogens with zero attached hydrogens (tertiary/aromatic N) is 4. The van der Waals surface area contributed by atoms with E-state index in [1.807, 2.05) is 24.3 Å². The first-order valence-corrected chi connectivity index (χ1v) is 11.6. The van der Waals surface area contributed by atoms with Crippen molar-refractivity contribution in [3.8, 4) is 0 Å². The number of para-hydroxylation sites is 2. The lowest BCUT2D eigenvalue weighted by molar-refractivity contribution is 0.00346. The molecule has 0 aromatic heterocycles. The van der Waals surface area contributed by atoms with Gasteiger partial charge in [-0.15, -0.1) is 0 Å². The normalized spacial score (nSPS) is 21.5. The first-order valence-electron chi connectivity index (χ1n) is 11.6. The summed E-state index contributed by atoms with van der Waals surface area (Å²) in [6.07, 6.45) is -0.336. The average Bonchev–Trinajstić information content (AvgIpc) is 3.22. The van der Waals surface area contributed by atoms with Crippen molar-refractivity contribution >= 4 is 29.1 Å². The minimum absolute atomic E-state index is 0.133. The second-order valence-corrected chi connectivity index (χ2v) is 8.67. The van der Waals surface area contributed by atoms with Gasteiger partial charge in [0.25, 0.3) is 0 Å². The van der Waals surface area contributed by atoms with E-state index in [4.69, 9.17) is 10.5 Å². The van der Waals surface area contributed by atoms with E-state index in [0.29, 0.717) is 24.4 Å². The number of piperazine rings is 1. The molecule has 4 amide bonds. The lowest BCUT2D eigenvalue weighted by Gasteiger charge is -2.36. The maximum Gasteiger partial charge on any atom is 0.345 e. The fourth-order valence-corrected chi connectivity index (χ4v) is 4.43. The molecule has 2 fully saturated rings. The van der Waals surface area contributed by atoms with Gasteiger partial charge in [-0.2, -0.15) is 0 Å². The van der Waals surface area contributed by atoms with Crippen molar-refractivity contribution in [2.75, 3.05) is 49.5 Å². The van der Waals surface area contributed by atoms with E-state index in [1.54, 1.807) is 19.1 Å². The molecule has 3 N–H and O–H groups in total. The summed E-state index contributed by atoms with van der Waals surface area (Å²) in [4.78, 5) is 34.6. The second kappa shape index (κ2) is 11.1. The largest absolute Gasteiger partial charge is 0.369 e. The zero-order valence-corrected chi connectivity index (χ0v) is 19.5. The van der Waals surface area contributed by atoms with E-state index in [2.05, 4.69) is 44.4 Å². The highest BCUT2D eigenvalue weighted by molar-refractivity contribution is 6.00. The van der Waals surface area contributed by atoms with Crippen molar-refractivity contribution in [3.63, 3.8) is 0 Å². The van der Waals surface area contributed by atoms with Crippen LogP contribution in [-0.2, 0) is 4.74 Å². The fraction of sp³-hybridized carbons (Fsp3) is 0.400. The van der Waals surface area contributed by atoms with Crippen molar-refractivity contribution in [2.24, 2.45) is 10.7 Å². The third kappa shape index (κ3) is 6.33. The number of aliphatic imine (C=N–C) groups is 1. The van der Waals surface area contributed by atoms with Gasteiger partial charge in [0.2, 0.25) is 0 Å². The Kier molecular flexibility index (Phi) is 7.76. The standard InChI is InChI=1S/C25H32N6O3/c1-19(27-25(33)28-20-8-4-2-5-9-20)16-23-31(24(26)32)18-22(34-23)17-29-12-14-30(15-13-29)21-10-6-3-7-11-21/h2-11,22-23H,12-18H2,1H3,(H2,26,32)(H,28,33). The summed E-state index contributed by atoms with van der Waals surface area (Å²) in [7, 11) is 0. The van der Waals surface area contributed by atoms with Gasteiger partial charge in [-0.1, -0.05) is 36.4 Å². The number of carbonyl (C=O) groups excluding carboxylic acids is 2. The number of anilines is 2. The maximum absolute atomic E-state index is 12.2. The molecule has 0 spiro atoms. The molecule has 2 saturated heterocycles. The van der Waals surface area contributed by atoms with Gasteiger partial charge in [-0.25, -0.2) is 14.6 Å². The Morgan fingerprint density at radius 2 is 1.68 bits per heavy atom. The molecule has 2 unspecified atom stereocenters. The van der Waals surface area contributed by atoms with Gasteiger partial charge in [0.15, 0.2) is 0 Å². The molecule has 2 aromatic carbocycles. The summed E-state index contributed by atoms with van der Waals surface area (Å²) in [6, 6.07) is 18.6. The zero-order valence-electron chi connectivity index (χ0n) is 19.5. The maximum atomic E-state index is 12.2. The molecule has 9 heteroatoms. The molecule has 2 aliphatic rings. The molecule has 0 bridgehead atoms. The lowest BCUT2D eigenvalue weighted by Crippen LogP contribution is -2.49. The molecule has 180 valence electrons. The summed E-state index contributed by atoms with van der Waals surface area (Å²) < 4.78 is 6.18. The molecule has 2 heterocycles. The Balaban J connectivity index is 1.28. The minimum Gasteiger partial charge on any atom is -0.369 e. The predicted octanol–water partition coefficient (Wildman–Crippen LogP) is 3.00. The SMILES string of the molecule is CC(CC1OC(CN2CCN(c3ccccc3)CC2)CN1C(N)=O)=NC(=O)Nc1ccccc1. The third-order valence-electron chi connectivity index (χ3n) is 6.12. The monoisotopic (exact) mass is 464 g/mol. The van der Waals surface area contributed by atoms with Crippen LogP contribution in [-0.4, -0.2) is 79.2 Å². The van der Waals surface area contributed by atoms with Crippen LogP contribution in [0.15, 0.2) is 65.7 Å². The van der Waals surface area contributed by atoms with Gasteiger partial charge in [-0.05, 0) is 31.2 Å². The van der Waals surface area contributed by atoms with Gasteiger partial charge in [0.05, 0.1) is 12.6 Å². The zero-order chi connectivity index (χ0) is 23.9. The van der Waals surface area contributed by atoms with E-state index in [9.17, 15) is 9.59 Å². The summed E-state index contributed by atoms with van der Waals surface area (Å²) in [5.74, 6) is 0. The number of nitrogens with two attached hydrogens (primary N) is 1. The van der Waals surface area contributed by atoms with Gasteiger partial charge < -0.3 is 20.7 Å². The number of hydrogen-bond donors (Lipinski definition) is 2. The molecule has 4 rings (SSSR count). The van der Waals surface area contributed by atoms with Gasteiger partial charge in [0.1, 0.15) is 6.23 Å². The van der Waals surface area contributed by atoms with E-state index >= 15 is 0 Å². The third-order valence-corrected chi connectivity index (χ3v) is 6.12. The van der Waals surface area contributed by atoms with Crippen molar-refractivity contribution < 1.29 is 14.3 Å². The van der Waals surface area contributed by atoms with Crippen molar-refractivity contribution in [1.82, 2.24) is 9.80 Å². The van der Waals surface area contributed by atoms with Gasteiger partial charge in [-0.3, -0.25) is 9.80 Å². The fourth-order valence-electron chi connectivity index (χ4n) is 4.43. The van der Waals surface area contributed by atoms with Crippen LogP contribution in [0.25, 0.3) is 0 Å². The number of amides is 4. The van der Waals surface area contributed by atoms with Crippen molar-refractivity contribution in [1.29, 1.82) is 0 Å². The van der Waals surface area contributed by atoms with Crippen LogP contribution in [0.1, 0.15) is 13.3 Å². The Labute approximate surface area is 200 Å². The molecule has 2 aliphatic heterocycles. The first-order chi connectivity index (χ1) is 16.5. The number of primary amides is 1. The smallest absolute Gasteiger partial charge is 0.345 e. The van der Waals surface area contributed by atoms with Crippen LogP contribution in [0.4, 0.5) is 21.0 Å². The number of nitrogens with one attached hydrogen (secondary N) is 1. The molecular formula is C25H32N6O3. The van der Waals surface area contributed by atoms with E-state index in [-0.39, 0.29) is 6.10 Å². The Morgan fingerprint density at radius 1 is 1.03 bits per heavy atom. The molecule has 0 radical (unpaired) electrons. The van der Waals surface area contributed by atoms with E-state index in [1.165, 1.54) is 10.6 Å². The van der Waals surface area contributed by atoms with Gasteiger partial charge >= 0.3 is 12.1 Å². The van der Waals surface area contributed by atoms with Gasteiger partial charge in [0, 0.05) is 56.2 Å². The average molecular weight is 465 g/mol. The molecule has 34 heavy (non-hydrogen) atoms. The molecular weight excluding hydrogens is 432 g/mol. The van der Waals surface area contributed by atoms with Crippen LogP contribution in [0.2, 0.25) is 0 Å². The van der Waals surface area contributed by atoms with E-state index < -0.39 is 18.3 Å². The van der Waals surface area contributed by atoms with Crippen LogP contribution < -0.4 is 16.0 Å². The van der Waals surface area contributed by atoms with Crippen LogP contribution in [0.3, 0.4) is 0 Å². The molecule has 2 aromatic rings. The predicted molar refractivity (Wildman–Crippen MR) is 133 cm³/mol. The Bertz CT molecular complexity index is 992. The number of rotatable bonds is 6. The first kappa shape index (κ1) is 23.7. The highest BCUT2D eigenvalue weighted by Crippen LogP contribution is 2.22. The van der Waals surface area contributed by atoms with Crippen LogP contribution in [0, 0.1) is 0 Å². The summed E-state index contributed by atoms with van der Waals surface area (Å²) in [5.41, 5.74) is 8.10. The molecule has 9 nitrogen and oxygen atoms in total. The minimum atomic E-state index is -0.526. The summed E-state index contributed by atoms with van der Waals surface area (Å²) in [5, 5.41) is 2.73. The molecule has 0 saturated carbocycles. The Morgan fingerprint density at radius 3 is 2.32 bits per heavy atom. The number of ether oxygens (including phenoxy) is 1. The molecule has 0 aliphatic carbocycles. The number of urea groups is 2. The number of carbonyl (C=O) groups is 2. The van der Waals surface area contributed by atoms with Crippen LogP contribution in [0.5, 0.6) is 0 Å². The van der Waals surface area contributed by atoms with Crippen LogP contribution >= 0.6 is 0 Å². The lowest BCUT2D eigenvalue weighted by atomic mass is 10.2. The highest BCUT2D eigenvalue weighted by atomic mass is 16.5.